The van der Waals surface area contributed by atoms with Crippen molar-refractivity contribution in [2.24, 2.45) is 0 Å². The van der Waals surface area contributed by atoms with Gasteiger partial charge in [-0.1, -0.05) is 78.9 Å². The Balaban J connectivity index is 1.39. The maximum absolute atomic E-state index is 6.25. The molecule has 0 unspecified atom stereocenters. The number of fused-ring (bicyclic) bond motifs is 9. The average Bonchev–Trinajstić information content (AvgIpc) is 3.51. The lowest BCUT2D eigenvalue weighted by Crippen LogP contribution is -2.06. The van der Waals surface area contributed by atoms with Crippen LogP contribution in [0.5, 0.6) is 11.5 Å². The number of aromatic nitrogens is 3. The number of hydrogen-bond donors (Lipinski definition) is 0. The number of hydrogen-bond acceptors (Lipinski definition) is 3. The number of nitrogens with zero attached hydrogens (tertiary/aromatic N) is 3. The Labute approximate surface area is 228 Å². The van der Waals surface area contributed by atoms with Crippen LogP contribution in [-0.2, 0) is 0 Å². The lowest BCUT2D eigenvalue weighted by molar-refractivity contribution is 0.486. The zero-order valence-electron chi connectivity index (χ0n) is 21.2. The fraction of sp³-hybridized carbons (Fsp3) is 0. The van der Waals surface area contributed by atoms with Crippen molar-refractivity contribution in [3.05, 3.63) is 115 Å². The Kier molecular flexibility index (Phi) is 3.65. The first-order valence-corrected chi connectivity index (χ1v) is 13.5. The third-order valence-electron chi connectivity index (χ3n) is 8.54. The van der Waals surface area contributed by atoms with Gasteiger partial charge in [-0.05, 0) is 69.4 Å². The summed E-state index contributed by atoms with van der Waals surface area (Å²) in [6.07, 6.45) is 0. The van der Waals surface area contributed by atoms with Crippen LogP contribution in [0.15, 0.2) is 115 Å². The van der Waals surface area contributed by atoms with Gasteiger partial charge in [0.25, 0.3) is 0 Å². The van der Waals surface area contributed by atoms with Gasteiger partial charge in [-0.25, -0.2) is 9.97 Å². The summed E-state index contributed by atoms with van der Waals surface area (Å²) in [5.41, 5.74) is 10.1. The van der Waals surface area contributed by atoms with Gasteiger partial charge in [0.15, 0.2) is 0 Å². The molecule has 0 atom stereocenters. The van der Waals surface area contributed by atoms with Crippen molar-refractivity contribution in [2.45, 2.75) is 0 Å². The van der Waals surface area contributed by atoms with Crippen molar-refractivity contribution in [2.75, 3.05) is 0 Å². The summed E-state index contributed by atoms with van der Waals surface area (Å²) in [5.74, 6) is 2.28. The number of para-hydroxylation sites is 2. The second-order valence-electron chi connectivity index (χ2n) is 10.6. The highest BCUT2D eigenvalue weighted by Gasteiger charge is 2.27. The van der Waals surface area contributed by atoms with Crippen LogP contribution < -0.4 is 4.74 Å². The van der Waals surface area contributed by atoms with Gasteiger partial charge in [-0.3, -0.25) is 4.57 Å². The topological polar surface area (TPSA) is 39.9 Å². The van der Waals surface area contributed by atoms with Crippen molar-refractivity contribution in [1.82, 2.24) is 14.5 Å². The van der Waals surface area contributed by atoms with Crippen LogP contribution in [-0.4, -0.2) is 14.5 Å². The van der Waals surface area contributed by atoms with Gasteiger partial charge >= 0.3 is 0 Å². The minimum Gasteiger partial charge on any atom is -0.456 e. The van der Waals surface area contributed by atoms with E-state index in [-0.39, 0.29) is 0 Å². The molecule has 8 aromatic rings. The standard InChI is InChI=1S/C36H19N3O/c1-2-10-21-20(9-1)22-13-7-14-25-32(22)26(21)19-29-33(25)23-11-3-5-16-28(23)39(29)36-37-27-15-8-18-31-34(27)35(38-36)24-12-4-6-17-30(24)40-31/h1-19H. The van der Waals surface area contributed by atoms with Gasteiger partial charge in [-0.15, -0.1) is 0 Å². The Morgan fingerprint density at radius 2 is 1.18 bits per heavy atom. The average molecular weight is 510 g/mol. The maximum Gasteiger partial charge on any atom is 0.235 e. The van der Waals surface area contributed by atoms with E-state index in [4.69, 9.17) is 14.7 Å². The third-order valence-corrected chi connectivity index (χ3v) is 8.54. The molecule has 0 fully saturated rings. The largest absolute Gasteiger partial charge is 0.456 e. The first-order chi connectivity index (χ1) is 19.8. The predicted molar refractivity (Wildman–Crippen MR) is 161 cm³/mol. The highest BCUT2D eigenvalue weighted by molar-refractivity contribution is 6.29. The van der Waals surface area contributed by atoms with E-state index in [9.17, 15) is 0 Å². The third kappa shape index (κ3) is 2.42. The van der Waals surface area contributed by atoms with Gasteiger partial charge in [0.1, 0.15) is 11.5 Å². The van der Waals surface area contributed by atoms with Gasteiger partial charge in [0.2, 0.25) is 5.95 Å². The second kappa shape index (κ2) is 7.13. The monoisotopic (exact) mass is 509 g/mol. The SMILES string of the molecule is c1ccc2c(c1)Oc1cccc3nc(-n4c5ccccc5c5c6cccc7c6c(cc54)-c4ccccc4-7)nc-2c13. The van der Waals surface area contributed by atoms with Crippen molar-refractivity contribution in [3.63, 3.8) is 0 Å². The maximum atomic E-state index is 6.25. The fourth-order valence-corrected chi connectivity index (χ4v) is 6.93. The van der Waals surface area contributed by atoms with E-state index in [0.29, 0.717) is 5.95 Å². The molecular weight excluding hydrogens is 490 g/mol. The predicted octanol–water partition coefficient (Wildman–Crippen LogP) is 9.30. The highest BCUT2D eigenvalue weighted by Crippen LogP contribution is 2.51. The first-order valence-electron chi connectivity index (χ1n) is 13.5. The molecule has 184 valence electrons. The molecule has 1 aliphatic heterocycles. The van der Waals surface area contributed by atoms with Crippen molar-refractivity contribution in [3.8, 4) is 51.0 Å². The number of ether oxygens (including phenoxy) is 1. The lowest BCUT2D eigenvalue weighted by Gasteiger charge is -2.21. The van der Waals surface area contributed by atoms with E-state index < -0.39 is 0 Å². The summed E-state index contributed by atoms with van der Waals surface area (Å²) in [5, 5.41) is 5.97. The van der Waals surface area contributed by atoms with Crippen molar-refractivity contribution >= 4 is 43.5 Å². The molecule has 0 N–H and O–H groups in total. The Morgan fingerprint density at radius 3 is 2.10 bits per heavy atom. The van der Waals surface area contributed by atoms with Crippen LogP contribution in [0.25, 0.3) is 82.9 Å². The quantitative estimate of drug-likeness (QED) is 0.221. The molecule has 0 amide bonds. The molecule has 4 heteroatoms. The molecular formula is C36H19N3O. The Morgan fingerprint density at radius 1 is 0.475 bits per heavy atom. The molecule has 1 aliphatic carbocycles. The van der Waals surface area contributed by atoms with E-state index in [1.165, 1.54) is 43.8 Å². The first kappa shape index (κ1) is 20.5. The molecule has 2 aromatic heterocycles. The van der Waals surface area contributed by atoms with E-state index in [1.807, 2.05) is 30.3 Å². The van der Waals surface area contributed by atoms with Gasteiger partial charge in [-0.2, -0.15) is 0 Å². The van der Waals surface area contributed by atoms with Crippen molar-refractivity contribution in [1.29, 1.82) is 0 Å². The zero-order valence-corrected chi connectivity index (χ0v) is 21.2. The summed E-state index contributed by atoms with van der Waals surface area (Å²) >= 11 is 0. The molecule has 2 aliphatic rings. The second-order valence-corrected chi connectivity index (χ2v) is 10.6. The van der Waals surface area contributed by atoms with Gasteiger partial charge in [0.05, 0.1) is 27.6 Å². The molecule has 0 bridgehead atoms. The van der Waals surface area contributed by atoms with Crippen LogP contribution >= 0.6 is 0 Å². The van der Waals surface area contributed by atoms with Crippen molar-refractivity contribution < 1.29 is 4.74 Å². The molecule has 0 spiro atoms. The minimum atomic E-state index is 0.663. The molecule has 40 heavy (non-hydrogen) atoms. The lowest BCUT2D eigenvalue weighted by atomic mass is 9.98. The van der Waals surface area contributed by atoms with Crippen LogP contribution in [0.4, 0.5) is 0 Å². The van der Waals surface area contributed by atoms with Gasteiger partial charge < -0.3 is 4.74 Å². The molecule has 3 heterocycles. The van der Waals surface area contributed by atoms with Gasteiger partial charge in [0, 0.05) is 16.3 Å². The summed E-state index contributed by atoms with van der Waals surface area (Å²) in [6.45, 7) is 0. The van der Waals surface area contributed by atoms with Crippen LogP contribution in [0.2, 0.25) is 0 Å². The Bertz CT molecular complexity index is 2420. The molecule has 0 saturated carbocycles. The smallest absolute Gasteiger partial charge is 0.235 e. The molecule has 0 radical (unpaired) electrons. The van der Waals surface area contributed by atoms with Crippen LogP contribution in [0.1, 0.15) is 0 Å². The summed E-state index contributed by atoms with van der Waals surface area (Å²) in [7, 11) is 0. The highest BCUT2D eigenvalue weighted by atomic mass is 16.5. The number of rotatable bonds is 1. The Hall–Kier alpha value is -5.48. The van der Waals surface area contributed by atoms with Crippen LogP contribution in [0, 0.1) is 0 Å². The van der Waals surface area contributed by atoms with E-state index in [0.717, 1.165) is 44.7 Å². The van der Waals surface area contributed by atoms with E-state index in [1.54, 1.807) is 0 Å². The number of benzene rings is 6. The molecule has 6 aromatic carbocycles. The summed E-state index contributed by atoms with van der Waals surface area (Å²) in [6, 6.07) is 40.5. The zero-order chi connectivity index (χ0) is 25.9. The van der Waals surface area contributed by atoms with Crippen LogP contribution in [0.3, 0.4) is 0 Å². The summed E-state index contributed by atoms with van der Waals surface area (Å²) < 4.78 is 8.50. The summed E-state index contributed by atoms with van der Waals surface area (Å²) in [4.78, 5) is 10.4. The molecule has 0 saturated heterocycles. The normalized spacial score (nSPS) is 12.7. The van der Waals surface area contributed by atoms with E-state index in [2.05, 4.69) is 89.5 Å². The molecule has 4 nitrogen and oxygen atoms in total. The molecule has 10 rings (SSSR count). The van der Waals surface area contributed by atoms with E-state index >= 15 is 0 Å². The fourth-order valence-electron chi connectivity index (χ4n) is 6.93. The minimum absolute atomic E-state index is 0.663.